The van der Waals surface area contributed by atoms with Crippen molar-refractivity contribution in [2.45, 2.75) is 40.8 Å². The zero-order chi connectivity index (χ0) is 23.0. The predicted octanol–water partition coefficient (Wildman–Crippen LogP) is 3.69. The van der Waals surface area contributed by atoms with E-state index in [0.717, 1.165) is 40.0 Å². The van der Waals surface area contributed by atoms with Crippen molar-refractivity contribution < 1.29 is 4.79 Å². The lowest BCUT2D eigenvalue weighted by molar-refractivity contribution is 0.0781. The molecule has 1 aromatic carbocycles. The van der Waals surface area contributed by atoms with E-state index in [9.17, 15) is 4.79 Å². The van der Waals surface area contributed by atoms with Crippen LogP contribution in [0.1, 0.15) is 39.9 Å². The lowest BCUT2D eigenvalue weighted by atomic mass is 10.1. The fourth-order valence-corrected chi connectivity index (χ4v) is 3.83. The fraction of sp³-hybridized carbons (Fsp3) is 0.292. The van der Waals surface area contributed by atoms with Gasteiger partial charge in [-0.05, 0) is 52.0 Å². The van der Waals surface area contributed by atoms with Crippen molar-refractivity contribution in [2.75, 3.05) is 12.8 Å². The monoisotopic (exact) mass is 429 g/mol. The van der Waals surface area contributed by atoms with Crippen molar-refractivity contribution in [3.63, 3.8) is 0 Å². The molecule has 0 saturated heterocycles. The van der Waals surface area contributed by atoms with Gasteiger partial charge in [0.05, 0.1) is 11.7 Å². The van der Waals surface area contributed by atoms with Gasteiger partial charge >= 0.3 is 0 Å². The van der Waals surface area contributed by atoms with Crippen LogP contribution in [0.25, 0.3) is 22.3 Å². The van der Waals surface area contributed by atoms with Crippen LogP contribution in [-0.2, 0) is 13.1 Å². The van der Waals surface area contributed by atoms with Crippen molar-refractivity contribution in [3.05, 3.63) is 64.7 Å². The van der Waals surface area contributed by atoms with Gasteiger partial charge in [-0.1, -0.05) is 11.6 Å². The first kappa shape index (κ1) is 21.4. The normalized spacial score (nSPS) is 11.2. The first-order valence-corrected chi connectivity index (χ1v) is 10.6. The number of nitrogens with two attached hydrogens (primary N) is 1. The summed E-state index contributed by atoms with van der Waals surface area (Å²) in [7, 11) is 1.78. The number of hydrogen-bond donors (Lipinski definition) is 1. The molecule has 2 N–H and O–H groups in total. The summed E-state index contributed by atoms with van der Waals surface area (Å²) in [6.07, 6.45) is 1.82. The summed E-state index contributed by atoms with van der Waals surface area (Å²) in [6, 6.07) is 9.44. The highest BCUT2D eigenvalue weighted by molar-refractivity contribution is 6.05. The van der Waals surface area contributed by atoms with Crippen LogP contribution >= 0.6 is 0 Å². The van der Waals surface area contributed by atoms with E-state index >= 15 is 0 Å². The molecule has 3 heterocycles. The highest BCUT2D eigenvalue weighted by Gasteiger charge is 2.21. The molecule has 3 aromatic heterocycles. The Bertz CT molecular complexity index is 1310. The Morgan fingerprint density at radius 2 is 1.88 bits per heavy atom. The molecule has 4 aromatic rings. The van der Waals surface area contributed by atoms with E-state index in [4.69, 9.17) is 15.7 Å². The molecule has 0 aliphatic rings. The topological polar surface area (TPSA) is 103 Å². The fourth-order valence-electron chi connectivity index (χ4n) is 3.83. The second-order valence-corrected chi connectivity index (χ2v) is 8.07. The summed E-state index contributed by atoms with van der Waals surface area (Å²) < 4.78 is 1.92. The van der Waals surface area contributed by atoms with E-state index in [2.05, 4.69) is 10.1 Å². The lowest BCUT2D eigenvalue weighted by Crippen LogP contribution is -2.28. The van der Waals surface area contributed by atoms with Crippen molar-refractivity contribution in [3.8, 4) is 11.4 Å². The van der Waals surface area contributed by atoms with Crippen LogP contribution in [0, 0.1) is 20.8 Å². The second-order valence-electron chi connectivity index (χ2n) is 8.07. The number of anilines is 1. The molecule has 0 spiro atoms. The molecule has 0 aliphatic heterocycles. The van der Waals surface area contributed by atoms with Gasteiger partial charge in [-0.25, -0.2) is 15.0 Å². The van der Waals surface area contributed by atoms with Crippen molar-refractivity contribution in [2.24, 2.45) is 0 Å². The van der Waals surface area contributed by atoms with E-state index in [0.29, 0.717) is 29.4 Å². The van der Waals surface area contributed by atoms with E-state index < -0.39 is 0 Å². The Balaban J connectivity index is 1.79. The van der Waals surface area contributed by atoms with Crippen molar-refractivity contribution >= 4 is 22.6 Å². The number of carbonyl (C=O) groups excluding carboxylic acids is 1. The minimum atomic E-state index is -0.174. The molecular weight excluding hydrogens is 402 g/mol. The van der Waals surface area contributed by atoms with Crippen LogP contribution < -0.4 is 5.73 Å². The average Bonchev–Trinajstić information content (AvgIpc) is 3.11. The Labute approximate surface area is 187 Å². The number of amides is 1. The Morgan fingerprint density at radius 1 is 1.09 bits per heavy atom. The first-order valence-electron chi connectivity index (χ1n) is 10.6. The zero-order valence-corrected chi connectivity index (χ0v) is 19.0. The summed E-state index contributed by atoms with van der Waals surface area (Å²) in [5, 5.41) is 5.11. The van der Waals surface area contributed by atoms with E-state index in [-0.39, 0.29) is 5.91 Å². The minimum absolute atomic E-state index is 0.174. The molecular formula is C24H27N7O. The molecule has 0 atom stereocenters. The van der Waals surface area contributed by atoms with E-state index in [1.807, 2.05) is 62.8 Å². The number of hydrogen-bond acceptors (Lipinski definition) is 6. The molecule has 32 heavy (non-hydrogen) atoms. The van der Waals surface area contributed by atoms with Gasteiger partial charge in [-0.2, -0.15) is 5.10 Å². The van der Waals surface area contributed by atoms with Crippen molar-refractivity contribution in [1.29, 1.82) is 0 Å². The van der Waals surface area contributed by atoms with Crippen LogP contribution in [0.15, 0.2) is 36.5 Å². The Kier molecular flexibility index (Phi) is 5.61. The predicted molar refractivity (Wildman–Crippen MR) is 125 cm³/mol. The standard InChI is InChI=1S/C24H27N7O/c1-6-31-16(4)18(12-26-31)13-30(5)24(32)22-19-9-14(2)7-8-20(19)28-23(29-22)17-10-15(3)27-21(25)11-17/h7-12H,6,13H2,1-5H3,(H2,25,27). The quantitative estimate of drug-likeness (QED) is 0.519. The van der Waals surface area contributed by atoms with Gasteiger partial charge in [-0.3, -0.25) is 9.48 Å². The maximum atomic E-state index is 13.6. The van der Waals surface area contributed by atoms with Gasteiger partial charge in [0, 0.05) is 48.0 Å². The van der Waals surface area contributed by atoms with Gasteiger partial charge in [-0.15, -0.1) is 0 Å². The largest absolute Gasteiger partial charge is 0.384 e. The lowest BCUT2D eigenvalue weighted by Gasteiger charge is -2.18. The zero-order valence-electron chi connectivity index (χ0n) is 19.0. The maximum absolute atomic E-state index is 13.6. The van der Waals surface area contributed by atoms with Crippen LogP contribution in [0.3, 0.4) is 0 Å². The number of pyridine rings is 1. The molecule has 8 nitrogen and oxygen atoms in total. The smallest absolute Gasteiger partial charge is 0.273 e. The van der Waals surface area contributed by atoms with Crippen LogP contribution in [0.5, 0.6) is 0 Å². The number of carbonyl (C=O) groups is 1. The summed E-state index contributed by atoms with van der Waals surface area (Å²) in [6.45, 7) is 9.14. The van der Waals surface area contributed by atoms with Crippen molar-refractivity contribution in [1.82, 2.24) is 29.6 Å². The third-order valence-electron chi connectivity index (χ3n) is 5.54. The number of fused-ring (bicyclic) bond motifs is 1. The summed E-state index contributed by atoms with van der Waals surface area (Å²) in [5.41, 5.74) is 11.6. The molecule has 4 rings (SSSR count). The molecule has 1 amide bonds. The third-order valence-corrected chi connectivity index (χ3v) is 5.54. The van der Waals surface area contributed by atoms with Gasteiger partial charge < -0.3 is 10.6 Å². The summed E-state index contributed by atoms with van der Waals surface area (Å²) in [5.74, 6) is 0.665. The highest BCUT2D eigenvalue weighted by Crippen LogP contribution is 2.25. The SMILES string of the molecule is CCn1ncc(CN(C)C(=O)c2nc(-c3cc(C)nc(N)c3)nc3ccc(C)cc23)c1C. The molecule has 0 unspecified atom stereocenters. The number of nitrogen functional groups attached to an aromatic ring is 1. The van der Waals surface area contributed by atoms with Gasteiger partial charge in [0.25, 0.3) is 5.91 Å². The minimum Gasteiger partial charge on any atom is -0.384 e. The number of rotatable bonds is 5. The number of benzene rings is 1. The summed E-state index contributed by atoms with van der Waals surface area (Å²) >= 11 is 0. The molecule has 0 aliphatic carbocycles. The van der Waals surface area contributed by atoms with Crippen LogP contribution in [0.4, 0.5) is 5.82 Å². The van der Waals surface area contributed by atoms with Crippen LogP contribution in [-0.4, -0.2) is 42.6 Å². The van der Waals surface area contributed by atoms with Gasteiger partial charge in [0.1, 0.15) is 11.5 Å². The van der Waals surface area contributed by atoms with E-state index in [1.54, 1.807) is 18.0 Å². The second kappa shape index (κ2) is 8.37. The highest BCUT2D eigenvalue weighted by atomic mass is 16.2. The molecule has 0 fully saturated rings. The molecule has 0 radical (unpaired) electrons. The number of nitrogens with zero attached hydrogens (tertiary/aromatic N) is 6. The molecule has 0 bridgehead atoms. The Morgan fingerprint density at radius 3 is 2.56 bits per heavy atom. The van der Waals surface area contributed by atoms with Crippen LogP contribution in [0.2, 0.25) is 0 Å². The number of aromatic nitrogens is 5. The van der Waals surface area contributed by atoms with Gasteiger partial charge in [0.15, 0.2) is 5.82 Å². The number of aryl methyl sites for hydroxylation is 3. The molecule has 8 heteroatoms. The molecule has 164 valence electrons. The Hall–Kier alpha value is -3.81. The summed E-state index contributed by atoms with van der Waals surface area (Å²) in [4.78, 5) is 28.8. The first-order chi connectivity index (χ1) is 15.3. The third kappa shape index (κ3) is 4.03. The average molecular weight is 430 g/mol. The van der Waals surface area contributed by atoms with E-state index in [1.165, 1.54) is 0 Å². The molecule has 0 saturated carbocycles. The maximum Gasteiger partial charge on any atom is 0.273 e. The van der Waals surface area contributed by atoms with Gasteiger partial charge in [0.2, 0.25) is 0 Å².